The maximum absolute atomic E-state index is 11.3. The molecule has 0 radical (unpaired) electrons. The number of carbonyl (C=O) groups excluding carboxylic acids is 1. The second-order valence-electron chi connectivity index (χ2n) is 6.13. The van der Waals surface area contributed by atoms with Gasteiger partial charge in [-0.25, -0.2) is 4.79 Å². The molecule has 144 valence electrons. The number of carbonyl (C=O) groups is 2. The van der Waals surface area contributed by atoms with Gasteiger partial charge in [0.15, 0.2) is 5.70 Å². The molecule has 8 nitrogen and oxygen atoms in total. The van der Waals surface area contributed by atoms with E-state index in [2.05, 4.69) is 0 Å². The lowest BCUT2D eigenvalue weighted by atomic mass is 9.98. The van der Waals surface area contributed by atoms with Crippen LogP contribution in [-0.4, -0.2) is 42.1 Å². The Morgan fingerprint density at radius 2 is 1.73 bits per heavy atom. The first kappa shape index (κ1) is 21.3. The van der Waals surface area contributed by atoms with Gasteiger partial charge < -0.3 is 25.9 Å². The third-order valence-electron chi connectivity index (χ3n) is 3.88. The van der Waals surface area contributed by atoms with Crippen LogP contribution in [0.5, 0.6) is 0 Å². The summed E-state index contributed by atoms with van der Waals surface area (Å²) >= 11 is 0. The predicted octanol–water partition coefficient (Wildman–Crippen LogP) is 1.40. The van der Waals surface area contributed by atoms with Crippen molar-refractivity contribution in [3.63, 3.8) is 0 Å². The molecule has 6 N–H and O–H groups in total. The van der Waals surface area contributed by atoms with Crippen LogP contribution in [0.25, 0.3) is 0 Å². The number of benzene rings is 1. The van der Waals surface area contributed by atoms with Crippen molar-refractivity contribution < 1.29 is 19.4 Å². The SMILES string of the molecule is CN(C)C(=O)c1ccccc1.NN/C(C(=O)O)=C(\N)OC1CCCCC1. The number of rotatable bonds is 5. The summed E-state index contributed by atoms with van der Waals surface area (Å²) in [5.41, 5.74) is 7.96. The molecule has 0 bridgehead atoms. The zero-order valence-electron chi connectivity index (χ0n) is 15.3. The summed E-state index contributed by atoms with van der Waals surface area (Å²) in [7, 11) is 3.49. The minimum absolute atomic E-state index is 0.0152. The molecule has 0 spiro atoms. The van der Waals surface area contributed by atoms with Crippen molar-refractivity contribution in [2.24, 2.45) is 11.6 Å². The topological polar surface area (TPSA) is 131 Å². The molecule has 1 amide bonds. The number of nitrogens with one attached hydrogen (secondary N) is 1. The monoisotopic (exact) mass is 364 g/mol. The Bertz CT molecular complexity index is 611. The van der Waals surface area contributed by atoms with Crippen LogP contribution in [0.1, 0.15) is 42.5 Å². The third kappa shape index (κ3) is 7.02. The van der Waals surface area contributed by atoms with E-state index in [9.17, 15) is 9.59 Å². The van der Waals surface area contributed by atoms with Crippen LogP contribution >= 0.6 is 0 Å². The molecule has 1 aromatic rings. The molecular formula is C18H28N4O4. The van der Waals surface area contributed by atoms with Gasteiger partial charge in [0.2, 0.25) is 5.88 Å². The Morgan fingerprint density at radius 3 is 2.19 bits per heavy atom. The molecule has 0 atom stereocenters. The Kier molecular flexibility index (Phi) is 9.00. The number of nitrogens with two attached hydrogens (primary N) is 2. The van der Waals surface area contributed by atoms with Crippen molar-refractivity contribution in [1.29, 1.82) is 0 Å². The number of hydrazine groups is 1. The number of carboxylic acids is 1. The summed E-state index contributed by atoms with van der Waals surface area (Å²) in [5.74, 6) is 3.72. The lowest BCUT2D eigenvalue weighted by molar-refractivity contribution is -0.133. The fraction of sp³-hybridized carbons (Fsp3) is 0.444. The first-order chi connectivity index (χ1) is 12.4. The number of amides is 1. The molecule has 26 heavy (non-hydrogen) atoms. The number of nitrogens with zero attached hydrogens (tertiary/aromatic N) is 1. The van der Waals surface area contributed by atoms with E-state index in [0.717, 1.165) is 31.2 Å². The molecule has 1 aromatic carbocycles. The highest BCUT2D eigenvalue weighted by Gasteiger charge is 2.19. The van der Waals surface area contributed by atoms with Crippen molar-refractivity contribution in [3.8, 4) is 0 Å². The van der Waals surface area contributed by atoms with E-state index in [1.54, 1.807) is 19.0 Å². The van der Waals surface area contributed by atoms with Crippen molar-refractivity contribution in [1.82, 2.24) is 10.3 Å². The fourth-order valence-corrected chi connectivity index (χ4v) is 2.50. The van der Waals surface area contributed by atoms with Gasteiger partial charge in [0.05, 0.1) is 0 Å². The van der Waals surface area contributed by atoms with Gasteiger partial charge in [0.1, 0.15) is 6.10 Å². The van der Waals surface area contributed by atoms with Gasteiger partial charge in [-0.15, -0.1) is 0 Å². The van der Waals surface area contributed by atoms with Crippen LogP contribution in [0.4, 0.5) is 0 Å². The summed E-state index contributed by atoms with van der Waals surface area (Å²) in [6.07, 6.45) is 5.23. The molecule has 1 aliphatic rings. The summed E-state index contributed by atoms with van der Waals surface area (Å²) in [6, 6.07) is 9.23. The van der Waals surface area contributed by atoms with Crippen molar-refractivity contribution in [2.45, 2.75) is 38.2 Å². The highest BCUT2D eigenvalue weighted by Crippen LogP contribution is 2.21. The number of hydrogen-bond acceptors (Lipinski definition) is 6. The molecule has 1 fully saturated rings. The van der Waals surface area contributed by atoms with Gasteiger partial charge in [-0.05, 0) is 37.8 Å². The van der Waals surface area contributed by atoms with E-state index in [-0.39, 0.29) is 23.6 Å². The fourth-order valence-electron chi connectivity index (χ4n) is 2.50. The number of carboxylic acid groups (broad SMARTS) is 1. The van der Waals surface area contributed by atoms with Crippen molar-refractivity contribution in [3.05, 3.63) is 47.5 Å². The second kappa shape index (κ2) is 11.0. The zero-order chi connectivity index (χ0) is 19.5. The van der Waals surface area contributed by atoms with Gasteiger partial charge >= 0.3 is 5.97 Å². The molecule has 8 heteroatoms. The van der Waals surface area contributed by atoms with Crippen LogP contribution < -0.4 is 17.0 Å². The predicted molar refractivity (Wildman–Crippen MR) is 98.6 cm³/mol. The average molecular weight is 364 g/mol. The van der Waals surface area contributed by atoms with Gasteiger partial charge in [-0.2, -0.15) is 0 Å². The molecule has 0 aromatic heterocycles. The van der Waals surface area contributed by atoms with E-state index < -0.39 is 5.97 Å². The van der Waals surface area contributed by atoms with Crippen molar-refractivity contribution in [2.75, 3.05) is 14.1 Å². The maximum Gasteiger partial charge on any atom is 0.358 e. The smallest absolute Gasteiger partial charge is 0.358 e. The largest absolute Gasteiger partial charge is 0.476 e. The van der Waals surface area contributed by atoms with Crippen LogP contribution in [0.2, 0.25) is 0 Å². The molecule has 0 saturated heterocycles. The Hall–Kier alpha value is -2.74. The van der Waals surface area contributed by atoms with E-state index in [4.69, 9.17) is 21.4 Å². The third-order valence-corrected chi connectivity index (χ3v) is 3.88. The van der Waals surface area contributed by atoms with Gasteiger partial charge in [-0.3, -0.25) is 10.6 Å². The molecule has 0 unspecified atom stereocenters. The van der Waals surface area contributed by atoms with Crippen LogP contribution in [0.3, 0.4) is 0 Å². The lowest BCUT2D eigenvalue weighted by Gasteiger charge is -2.23. The molecule has 0 aliphatic heterocycles. The molecule has 1 saturated carbocycles. The molecule has 2 rings (SSSR count). The summed E-state index contributed by atoms with van der Waals surface area (Å²) in [6.45, 7) is 0. The van der Waals surface area contributed by atoms with Crippen LogP contribution in [0.15, 0.2) is 41.9 Å². The lowest BCUT2D eigenvalue weighted by Crippen LogP contribution is -2.32. The van der Waals surface area contributed by atoms with Crippen molar-refractivity contribution >= 4 is 11.9 Å². The average Bonchev–Trinajstić information content (AvgIpc) is 2.63. The maximum atomic E-state index is 11.3. The first-order valence-electron chi connectivity index (χ1n) is 8.49. The summed E-state index contributed by atoms with van der Waals surface area (Å²) in [5, 5.41) is 8.71. The van der Waals surface area contributed by atoms with Crippen LogP contribution in [-0.2, 0) is 9.53 Å². The highest BCUT2D eigenvalue weighted by atomic mass is 16.5. The second-order valence-corrected chi connectivity index (χ2v) is 6.13. The normalized spacial score (nSPS) is 15.0. The molecule has 1 aliphatic carbocycles. The highest BCUT2D eigenvalue weighted by molar-refractivity contribution is 5.93. The Balaban J connectivity index is 0.000000273. The molecule has 0 heterocycles. The van der Waals surface area contributed by atoms with E-state index in [1.165, 1.54) is 6.42 Å². The zero-order valence-corrected chi connectivity index (χ0v) is 15.3. The quantitative estimate of drug-likeness (QED) is 0.269. The minimum atomic E-state index is -1.22. The first-order valence-corrected chi connectivity index (χ1v) is 8.49. The van der Waals surface area contributed by atoms with E-state index in [0.29, 0.717) is 0 Å². The Morgan fingerprint density at radius 1 is 1.15 bits per heavy atom. The number of aliphatic carboxylic acids is 1. The van der Waals surface area contributed by atoms with Crippen LogP contribution in [0, 0.1) is 0 Å². The van der Waals surface area contributed by atoms with E-state index in [1.807, 2.05) is 35.8 Å². The van der Waals surface area contributed by atoms with Gasteiger partial charge in [-0.1, -0.05) is 24.6 Å². The van der Waals surface area contributed by atoms with Gasteiger partial charge in [0.25, 0.3) is 5.91 Å². The number of ether oxygens (including phenoxy) is 1. The van der Waals surface area contributed by atoms with Gasteiger partial charge in [0, 0.05) is 19.7 Å². The summed E-state index contributed by atoms with van der Waals surface area (Å²) in [4.78, 5) is 23.5. The van der Waals surface area contributed by atoms with E-state index >= 15 is 0 Å². The minimum Gasteiger partial charge on any atom is -0.476 e. The number of hydrogen-bond donors (Lipinski definition) is 4. The molecular weight excluding hydrogens is 336 g/mol. The summed E-state index contributed by atoms with van der Waals surface area (Å²) < 4.78 is 5.34. The standard InChI is InChI=1S/C9H17N3O3.C9H11NO/c10-8(7(12-11)9(13)14)15-6-4-2-1-3-5-6;1-10(2)9(11)8-6-4-3-5-7-8/h6,12H,1-5,10-11H2,(H,13,14);3-7H,1-2H3/b8-7+;. The Labute approximate surface area is 153 Å².